The number of rotatable bonds is 1. The molecule has 0 aromatic heterocycles. The molecule has 0 saturated heterocycles. The van der Waals surface area contributed by atoms with Crippen molar-refractivity contribution >= 4 is 20.8 Å². The molecule has 0 fully saturated rings. The van der Waals surface area contributed by atoms with Gasteiger partial charge in [0.2, 0.25) is 0 Å². The first-order valence-corrected chi connectivity index (χ1v) is 1.24. The maximum Gasteiger partial charge on any atom is 0.106 e. The molecule has 0 N–H and O–H groups in total. The van der Waals surface area contributed by atoms with E-state index in [0.29, 0.717) is 0 Å². The molecular formula is CH3BOS. The fraction of sp³-hybridized carbons (Fsp3) is 1.00. The molecule has 0 atom stereocenters. The van der Waals surface area contributed by atoms with Gasteiger partial charge in [-0.2, -0.15) is 0 Å². The quantitative estimate of drug-likeness (QED) is 0.261. The molecular weight excluding hydrogens is 70.9 g/mol. The highest BCUT2D eigenvalue weighted by Gasteiger charge is 1.54. The monoisotopic (exact) mass is 74.0 g/mol. The zero-order valence-corrected chi connectivity index (χ0v) is 3.03. The minimum absolute atomic E-state index is 0.184. The van der Waals surface area contributed by atoms with Gasteiger partial charge < -0.3 is 4.18 Å². The Morgan fingerprint density at radius 1 is 2.00 bits per heavy atom. The van der Waals surface area contributed by atoms with Crippen molar-refractivity contribution in [3.63, 3.8) is 0 Å². The normalized spacial score (nSPS) is 7.25. The molecule has 22 valence electrons. The van der Waals surface area contributed by atoms with E-state index >= 15 is 0 Å². The molecule has 0 heterocycles. The number of hydrogen-bond acceptors (Lipinski definition) is 2. The van der Waals surface area contributed by atoms with Crippen molar-refractivity contribution in [1.82, 2.24) is 0 Å². The molecule has 0 rings (SSSR count). The summed E-state index contributed by atoms with van der Waals surface area (Å²) in [6, 6.07) is 0. The summed E-state index contributed by atoms with van der Waals surface area (Å²) in [6.45, 7) is 0.184. The van der Waals surface area contributed by atoms with Crippen LogP contribution in [0.25, 0.3) is 0 Å². The molecule has 0 amide bonds. The summed E-state index contributed by atoms with van der Waals surface area (Å²) in [5.41, 5.74) is 0. The van der Waals surface area contributed by atoms with Gasteiger partial charge in [0, 0.05) is 6.51 Å². The van der Waals surface area contributed by atoms with Crippen LogP contribution in [0.1, 0.15) is 0 Å². The molecule has 2 radical (unpaired) electrons. The van der Waals surface area contributed by atoms with E-state index in [9.17, 15) is 0 Å². The maximum absolute atomic E-state index is 4.73. The molecule has 0 aromatic rings. The van der Waals surface area contributed by atoms with Crippen molar-refractivity contribution in [2.24, 2.45) is 0 Å². The molecule has 0 unspecified atom stereocenters. The lowest BCUT2D eigenvalue weighted by Crippen LogP contribution is -1.74. The van der Waals surface area contributed by atoms with Crippen molar-refractivity contribution < 1.29 is 4.18 Å². The maximum atomic E-state index is 4.73. The Morgan fingerprint density at radius 2 is 2.25 bits per heavy atom. The third-order valence-electron chi connectivity index (χ3n) is 0.0745. The predicted octanol–water partition coefficient (Wildman–Crippen LogP) is -0.0262. The fourth-order valence-electron chi connectivity index (χ4n) is 0. The lowest BCUT2D eigenvalue weighted by molar-refractivity contribution is 0.468. The van der Waals surface area contributed by atoms with E-state index in [1.165, 1.54) is 0 Å². The zero-order valence-electron chi connectivity index (χ0n) is 2.14. The second kappa shape index (κ2) is 3.37. The third kappa shape index (κ3) is 2.37. The Labute approximate surface area is 32.4 Å². The van der Waals surface area contributed by atoms with E-state index in [1.807, 2.05) is 0 Å². The topological polar surface area (TPSA) is 9.23 Å². The molecule has 0 aliphatic heterocycles. The molecule has 4 heavy (non-hydrogen) atoms. The SMILES string of the molecule is [B]COS. The lowest BCUT2D eigenvalue weighted by atomic mass is 10.2. The van der Waals surface area contributed by atoms with E-state index in [-0.39, 0.29) is 6.51 Å². The van der Waals surface area contributed by atoms with Crippen LogP contribution in [0, 0.1) is 0 Å². The Kier molecular flexibility index (Phi) is 3.69. The Hall–Kier alpha value is 0.375. The van der Waals surface area contributed by atoms with Gasteiger partial charge >= 0.3 is 0 Å². The van der Waals surface area contributed by atoms with Gasteiger partial charge in [-0.3, -0.25) is 0 Å². The highest BCUT2D eigenvalue weighted by Crippen LogP contribution is 1.66. The standard InChI is InChI=1S/CH3BOS/c2-1-3-4/h4H,1H2. The summed E-state index contributed by atoms with van der Waals surface area (Å²) in [4.78, 5) is 0. The fourth-order valence-corrected chi connectivity index (χ4v) is 0. The molecule has 0 aliphatic carbocycles. The van der Waals surface area contributed by atoms with Gasteiger partial charge in [-0.25, -0.2) is 0 Å². The van der Waals surface area contributed by atoms with Crippen LogP contribution in [0.15, 0.2) is 0 Å². The highest BCUT2D eigenvalue weighted by atomic mass is 32.1. The van der Waals surface area contributed by atoms with Gasteiger partial charge in [0.1, 0.15) is 7.85 Å². The first-order chi connectivity index (χ1) is 1.91. The van der Waals surface area contributed by atoms with Gasteiger partial charge in [-0.15, -0.1) is 0 Å². The van der Waals surface area contributed by atoms with Gasteiger partial charge in [0.25, 0.3) is 0 Å². The van der Waals surface area contributed by atoms with E-state index in [2.05, 4.69) is 17.1 Å². The highest BCUT2D eigenvalue weighted by molar-refractivity contribution is 7.75. The first-order valence-electron chi connectivity index (χ1n) is 0.879. The molecule has 0 aliphatic rings. The van der Waals surface area contributed by atoms with E-state index in [0.717, 1.165) is 0 Å². The Bertz CT molecular complexity index is 10.0. The van der Waals surface area contributed by atoms with Crippen LogP contribution in [0.3, 0.4) is 0 Å². The number of hydrogen-bond donors (Lipinski definition) is 1. The molecule has 0 spiro atoms. The van der Waals surface area contributed by atoms with Gasteiger partial charge in [0.05, 0.1) is 0 Å². The smallest absolute Gasteiger partial charge is 0.106 e. The summed E-state index contributed by atoms with van der Waals surface area (Å²) in [5, 5.41) is 0. The summed E-state index contributed by atoms with van der Waals surface area (Å²) in [7, 11) is 4.73. The van der Waals surface area contributed by atoms with Crippen LogP contribution < -0.4 is 0 Å². The lowest BCUT2D eigenvalue weighted by Gasteiger charge is -1.74. The molecule has 1 nitrogen and oxygen atoms in total. The average Bonchev–Trinajstić information content (AvgIpc) is 1.37. The summed E-state index contributed by atoms with van der Waals surface area (Å²) >= 11 is 3.30. The van der Waals surface area contributed by atoms with Gasteiger partial charge in [-0.05, 0) is 12.9 Å². The second-order valence-electron chi connectivity index (χ2n) is 0.296. The minimum Gasteiger partial charge on any atom is -0.328 e. The predicted molar refractivity (Wildman–Crippen MR) is 20.7 cm³/mol. The van der Waals surface area contributed by atoms with Crippen molar-refractivity contribution in [2.45, 2.75) is 0 Å². The van der Waals surface area contributed by atoms with Crippen molar-refractivity contribution in [1.29, 1.82) is 0 Å². The van der Waals surface area contributed by atoms with Crippen LogP contribution in [-0.4, -0.2) is 14.4 Å². The van der Waals surface area contributed by atoms with Crippen molar-refractivity contribution in [3.8, 4) is 0 Å². The molecule has 3 heteroatoms. The molecule has 0 saturated carbocycles. The summed E-state index contributed by atoms with van der Waals surface area (Å²) in [6.07, 6.45) is 0. The van der Waals surface area contributed by atoms with Crippen LogP contribution in [-0.2, 0) is 4.18 Å². The van der Waals surface area contributed by atoms with Gasteiger partial charge in [-0.1, -0.05) is 0 Å². The molecule has 0 aromatic carbocycles. The zero-order chi connectivity index (χ0) is 3.41. The first kappa shape index (κ1) is 4.37. The van der Waals surface area contributed by atoms with Gasteiger partial charge in [0.15, 0.2) is 0 Å². The third-order valence-corrected chi connectivity index (χ3v) is 0.224. The van der Waals surface area contributed by atoms with Crippen LogP contribution in [0.5, 0.6) is 0 Å². The summed E-state index contributed by atoms with van der Waals surface area (Å²) in [5.74, 6) is 0. The minimum atomic E-state index is 0.184. The van der Waals surface area contributed by atoms with Crippen molar-refractivity contribution in [2.75, 3.05) is 6.51 Å². The van der Waals surface area contributed by atoms with E-state index in [4.69, 9.17) is 7.85 Å². The summed E-state index contributed by atoms with van der Waals surface area (Å²) < 4.78 is 4.01. The second-order valence-corrected chi connectivity index (χ2v) is 0.554. The largest absolute Gasteiger partial charge is 0.328 e. The van der Waals surface area contributed by atoms with E-state index < -0.39 is 0 Å². The Morgan fingerprint density at radius 3 is 2.25 bits per heavy atom. The number of thiol groups is 1. The van der Waals surface area contributed by atoms with Crippen LogP contribution >= 0.6 is 12.9 Å². The van der Waals surface area contributed by atoms with Crippen molar-refractivity contribution in [3.05, 3.63) is 0 Å². The molecule has 0 bridgehead atoms. The average molecular weight is 73.9 g/mol. The Balaban J connectivity index is 1.97. The van der Waals surface area contributed by atoms with Crippen LogP contribution in [0.2, 0.25) is 0 Å². The van der Waals surface area contributed by atoms with Crippen LogP contribution in [0.4, 0.5) is 0 Å². The van der Waals surface area contributed by atoms with E-state index in [1.54, 1.807) is 0 Å².